The molecule has 4 rings (SSSR count). The first-order valence-corrected chi connectivity index (χ1v) is 9.13. The summed E-state index contributed by atoms with van der Waals surface area (Å²) < 4.78 is 1.86. The summed E-state index contributed by atoms with van der Waals surface area (Å²) in [5.74, 6) is 0.516. The second-order valence-electron chi connectivity index (χ2n) is 6.86. The third kappa shape index (κ3) is 4.22. The van der Waals surface area contributed by atoms with Gasteiger partial charge in [0.15, 0.2) is 5.82 Å². The summed E-state index contributed by atoms with van der Waals surface area (Å²) in [6.45, 7) is 1.46. The van der Waals surface area contributed by atoms with Crippen LogP contribution in [0.25, 0.3) is 11.4 Å². The van der Waals surface area contributed by atoms with Gasteiger partial charge in [-0.15, -0.1) is 5.10 Å². The van der Waals surface area contributed by atoms with E-state index in [1.54, 1.807) is 12.1 Å². The van der Waals surface area contributed by atoms with Gasteiger partial charge in [0.2, 0.25) is 11.8 Å². The number of nitrogens with zero attached hydrogens (tertiary/aromatic N) is 4. The van der Waals surface area contributed by atoms with E-state index in [2.05, 4.69) is 26.2 Å². The minimum atomic E-state index is -0.125. The Morgan fingerprint density at radius 1 is 1.00 bits per heavy atom. The van der Waals surface area contributed by atoms with E-state index in [1.807, 2.05) is 41.1 Å². The number of rotatable bonds is 6. The fourth-order valence-corrected chi connectivity index (χ4v) is 2.95. The molecule has 8 nitrogen and oxygen atoms in total. The van der Waals surface area contributed by atoms with E-state index < -0.39 is 0 Å². The van der Waals surface area contributed by atoms with Crippen LogP contribution in [0, 0.1) is 0 Å². The first-order chi connectivity index (χ1) is 13.6. The summed E-state index contributed by atoms with van der Waals surface area (Å²) in [5, 5.41) is 17.5. The molecule has 2 amide bonds. The number of benzene rings is 2. The minimum Gasteiger partial charge on any atom is -0.326 e. The predicted octanol–water partition coefficient (Wildman–Crippen LogP) is 2.81. The summed E-state index contributed by atoms with van der Waals surface area (Å²) >= 11 is 0. The van der Waals surface area contributed by atoms with E-state index in [1.165, 1.54) is 6.92 Å². The highest BCUT2D eigenvalue weighted by molar-refractivity contribution is 5.92. The van der Waals surface area contributed by atoms with Crippen molar-refractivity contribution in [2.24, 2.45) is 0 Å². The molecule has 1 fully saturated rings. The maximum absolute atomic E-state index is 12.3. The lowest BCUT2D eigenvalue weighted by atomic mass is 10.1. The van der Waals surface area contributed by atoms with Crippen LogP contribution < -0.4 is 10.6 Å². The monoisotopic (exact) mass is 376 g/mol. The largest absolute Gasteiger partial charge is 0.326 e. The number of tetrazole rings is 1. The average molecular weight is 376 g/mol. The number of hydrogen-bond acceptors (Lipinski definition) is 5. The molecule has 0 saturated heterocycles. The first kappa shape index (κ1) is 17.8. The zero-order valence-electron chi connectivity index (χ0n) is 15.4. The Balaban J connectivity index is 1.37. The molecule has 0 unspecified atom stereocenters. The highest BCUT2D eigenvalue weighted by atomic mass is 16.2. The fourth-order valence-electron chi connectivity index (χ4n) is 2.95. The number of hydrogen-bond donors (Lipinski definition) is 2. The van der Waals surface area contributed by atoms with Gasteiger partial charge < -0.3 is 10.6 Å². The average Bonchev–Trinajstić information content (AvgIpc) is 3.40. The molecule has 0 radical (unpaired) electrons. The van der Waals surface area contributed by atoms with Crippen LogP contribution in [0.1, 0.15) is 31.4 Å². The van der Waals surface area contributed by atoms with Crippen molar-refractivity contribution in [3.8, 4) is 11.4 Å². The Bertz CT molecular complexity index is 990. The van der Waals surface area contributed by atoms with Gasteiger partial charge in [-0.2, -0.15) is 0 Å². The van der Waals surface area contributed by atoms with Crippen molar-refractivity contribution in [1.29, 1.82) is 0 Å². The van der Waals surface area contributed by atoms with Gasteiger partial charge in [0.25, 0.3) is 0 Å². The Morgan fingerprint density at radius 2 is 1.64 bits per heavy atom. The fraction of sp³-hybridized carbons (Fsp3) is 0.250. The molecule has 8 heteroatoms. The molecule has 1 aliphatic carbocycles. The van der Waals surface area contributed by atoms with Gasteiger partial charge in [0, 0.05) is 23.9 Å². The Kier molecular flexibility index (Phi) is 4.84. The van der Waals surface area contributed by atoms with E-state index in [-0.39, 0.29) is 18.2 Å². The van der Waals surface area contributed by atoms with Crippen molar-refractivity contribution in [1.82, 2.24) is 20.2 Å². The van der Waals surface area contributed by atoms with Gasteiger partial charge >= 0.3 is 0 Å². The van der Waals surface area contributed by atoms with Crippen molar-refractivity contribution < 1.29 is 9.59 Å². The Hall–Kier alpha value is -3.55. The zero-order valence-corrected chi connectivity index (χ0v) is 15.4. The van der Waals surface area contributed by atoms with Crippen LogP contribution in [0.2, 0.25) is 0 Å². The molecule has 1 saturated carbocycles. The predicted molar refractivity (Wildman–Crippen MR) is 105 cm³/mol. The highest BCUT2D eigenvalue weighted by Gasteiger charge is 2.28. The maximum atomic E-state index is 12.3. The van der Waals surface area contributed by atoms with Crippen molar-refractivity contribution >= 4 is 23.2 Å². The summed E-state index contributed by atoms with van der Waals surface area (Å²) in [6, 6.07) is 15.1. The second-order valence-corrected chi connectivity index (χ2v) is 6.86. The molecule has 3 aromatic rings. The van der Waals surface area contributed by atoms with Crippen molar-refractivity contribution in [3.05, 3.63) is 54.1 Å². The molecule has 0 bridgehead atoms. The van der Waals surface area contributed by atoms with Gasteiger partial charge in [0.05, 0.1) is 12.5 Å². The minimum absolute atomic E-state index is 0.108. The van der Waals surface area contributed by atoms with Crippen LogP contribution in [-0.4, -0.2) is 32.0 Å². The molecule has 1 heterocycles. The molecule has 1 aromatic heterocycles. The van der Waals surface area contributed by atoms with Crippen LogP contribution in [0.15, 0.2) is 48.5 Å². The number of anilines is 2. The normalized spacial score (nSPS) is 13.2. The van der Waals surface area contributed by atoms with E-state index in [0.717, 1.165) is 29.8 Å². The molecule has 0 spiro atoms. The quantitative estimate of drug-likeness (QED) is 0.689. The van der Waals surface area contributed by atoms with Crippen LogP contribution in [0.3, 0.4) is 0 Å². The van der Waals surface area contributed by atoms with E-state index in [0.29, 0.717) is 17.4 Å². The SMILES string of the molecule is CC(=O)Nc1ccc(CC(=O)Nc2ccc(-c3nnnn3C3CC3)cc2)cc1. The first-order valence-electron chi connectivity index (χ1n) is 9.13. The van der Waals surface area contributed by atoms with E-state index >= 15 is 0 Å². The topological polar surface area (TPSA) is 102 Å². The number of carbonyl (C=O) groups is 2. The van der Waals surface area contributed by atoms with Crippen LogP contribution in [0.5, 0.6) is 0 Å². The Morgan fingerprint density at radius 3 is 2.29 bits per heavy atom. The van der Waals surface area contributed by atoms with Crippen LogP contribution in [0.4, 0.5) is 11.4 Å². The number of aromatic nitrogens is 4. The van der Waals surface area contributed by atoms with Gasteiger partial charge in [0.1, 0.15) is 0 Å². The lowest BCUT2D eigenvalue weighted by molar-refractivity contribution is -0.116. The van der Waals surface area contributed by atoms with E-state index in [4.69, 9.17) is 0 Å². The molecule has 142 valence electrons. The molecule has 2 aromatic carbocycles. The van der Waals surface area contributed by atoms with Gasteiger partial charge in [-0.25, -0.2) is 4.68 Å². The Labute approximate surface area is 162 Å². The standard InChI is InChI=1S/C20H20N6O2/c1-13(27)21-16-6-2-14(3-7-16)12-19(28)22-17-8-4-15(5-9-17)20-23-24-25-26(20)18-10-11-18/h2-9,18H,10-12H2,1H3,(H,21,27)(H,22,28). The third-order valence-electron chi connectivity index (χ3n) is 4.45. The smallest absolute Gasteiger partial charge is 0.228 e. The second kappa shape index (κ2) is 7.59. The maximum Gasteiger partial charge on any atom is 0.228 e. The lowest BCUT2D eigenvalue weighted by Crippen LogP contribution is -2.14. The highest BCUT2D eigenvalue weighted by Crippen LogP contribution is 2.36. The summed E-state index contributed by atoms with van der Waals surface area (Å²) in [6.07, 6.45) is 2.47. The molecule has 2 N–H and O–H groups in total. The van der Waals surface area contributed by atoms with Gasteiger partial charge in [-0.3, -0.25) is 9.59 Å². The molecule has 0 atom stereocenters. The van der Waals surface area contributed by atoms with Gasteiger partial charge in [-0.1, -0.05) is 12.1 Å². The molecular formula is C20H20N6O2. The van der Waals surface area contributed by atoms with E-state index in [9.17, 15) is 9.59 Å². The van der Waals surface area contributed by atoms with Crippen molar-refractivity contribution in [2.45, 2.75) is 32.2 Å². The third-order valence-corrected chi connectivity index (χ3v) is 4.45. The summed E-state index contributed by atoms with van der Waals surface area (Å²) in [5.41, 5.74) is 3.21. The lowest BCUT2D eigenvalue weighted by Gasteiger charge is -2.08. The number of amides is 2. The van der Waals surface area contributed by atoms with Crippen molar-refractivity contribution in [3.63, 3.8) is 0 Å². The van der Waals surface area contributed by atoms with Crippen LogP contribution in [-0.2, 0) is 16.0 Å². The summed E-state index contributed by atoms with van der Waals surface area (Å²) in [7, 11) is 0. The zero-order chi connectivity index (χ0) is 19.5. The molecule has 0 aliphatic heterocycles. The van der Waals surface area contributed by atoms with Crippen LogP contribution >= 0.6 is 0 Å². The molecule has 1 aliphatic rings. The summed E-state index contributed by atoms with van der Waals surface area (Å²) in [4.78, 5) is 23.3. The molecular weight excluding hydrogens is 356 g/mol. The van der Waals surface area contributed by atoms with Crippen molar-refractivity contribution in [2.75, 3.05) is 10.6 Å². The van der Waals surface area contributed by atoms with Gasteiger partial charge in [-0.05, 0) is 65.2 Å². The number of carbonyl (C=O) groups excluding carboxylic acids is 2. The molecule has 28 heavy (non-hydrogen) atoms. The number of nitrogens with one attached hydrogen (secondary N) is 2.